The Kier molecular flexibility index (Phi) is 3.96. The average Bonchev–Trinajstić information content (AvgIpc) is 2.77. The Labute approximate surface area is 118 Å². The van der Waals surface area contributed by atoms with Crippen LogP contribution in [0.25, 0.3) is 0 Å². The van der Waals surface area contributed by atoms with Crippen molar-refractivity contribution in [2.24, 2.45) is 5.73 Å². The zero-order valence-corrected chi connectivity index (χ0v) is 12.7. The fourth-order valence-electron chi connectivity index (χ4n) is 1.62. The maximum Gasteiger partial charge on any atom is 0.133 e. The molecule has 1 unspecified atom stereocenters. The average molecular weight is 276 g/mol. The van der Waals surface area contributed by atoms with Crippen molar-refractivity contribution in [1.29, 1.82) is 0 Å². The first-order valence-corrected chi connectivity index (χ1v) is 7.19. The summed E-state index contributed by atoms with van der Waals surface area (Å²) in [7, 11) is 0. The topological polar surface area (TPSA) is 64.7 Å². The standard InChI is InChI=1S/C14H20N4S/c1-9(15)11-8-16-12(19-11)5-10-6-17-13(18-7-10)14(2,3)4/h6-9H,5,15H2,1-4H3. The van der Waals surface area contributed by atoms with Crippen LogP contribution in [-0.2, 0) is 11.8 Å². The van der Waals surface area contributed by atoms with Gasteiger partial charge < -0.3 is 5.73 Å². The number of nitrogens with zero attached hydrogens (tertiary/aromatic N) is 3. The van der Waals surface area contributed by atoms with E-state index >= 15 is 0 Å². The normalized spacial score (nSPS) is 13.5. The maximum absolute atomic E-state index is 5.83. The summed E-state index contributed by atoms with van der Waals surface area (Å²) in [6, 6.07) is 0.0470. The molecule has 0 aliphatic heterocycles. The third-order valence-electron chi connectivity index (χ3n) is 2.75. The molecule has 0 spiro atoms. The van der Waals surface area contributed by atoms with E-state index in [1.165, 1.54) is 0 Å². The van der Waals surface area contributed by atoms with Crippen LogP contribution in [0.5, 0.6) is 0 Å². The van der Waals surface area contributed by atoms with E-state index in [2.05, 4.69) is 35.7 Å². The summed E-state index contributed by atoms with van der Waals surface area (Å²) in [5, 5.41) is 1.06. The van der Waals surface area contributed by atoms with Gasteiger partial charge >= 0.3 is 0 Å². The molecular formula is C14H20N4S. The van der Waals surface area contributed by atoms with Crippen LogP contribution in [0.2, 0.25) is 0 Å². The zero-order chi connectivity index (χ0) is 14.0. The number of hydrogen-bond acceptors (Lipinski definition) is 5. The highest BCUT2D eigenvalue weighted by Gasteiger charge is 2.16. The van der Waals surface area contributed by atoms with Crippen LogP contribution in [0, 0.1) is 0 Å². The highest BCUT2D eigenvalue weighted by atomic mass is 32.1. The van der Waals surface area contributed by atoms with Gasteiger partial charge in [-0.25, -0.2) is 15.0 Å². The Morgan fingerprint density at radius 1 is 1.16 bits per heavy atom. The predicted molar refractivity (Wildman–Crippen MR) is 78.3 cm³/mol. The first-order chi connectivity index (χ1) is 8.86. The molecule has 0 saturated heterocycles. The molecule has 0 amide bonds. The number of aromatic nitrogens is 3. The van der Waals surface area contributed by atoms with Crippen LogP contribution in [0.15, 0.2) is 18.6 Å². The van der Waals surface area contributed by atoms with Gasteiger partial charge in [0, 0.05) is 41.3 Å². The molecule has 0 aliphatic carbocycles. The molecule has 2 rings (SSSR count). The highest BCUT2D eigenvalue weighted by Crippen LogP contribution is 2.22. The molecular weight excluding hydrogens is 256 g/mol. The third-order valence-corrected chi connectivity index (χ3v) is 3.95. The molecule has 0 fully saturated rings. The van der Waals surface area contributed by atoms with E-state index in [0.717, 1.165) is 27.7 Å². The summed E-state index contributed by atoms with van der Waals surface area (Å²) in [6.07, 6.45) is 6.40. The van der Waals surface area contributed by atoms with Gasteiger partial charge in [-0.2, -0.15) is 0 Å². The number of rotatable bonds is 3. The van der Waals surface area contributed by atoms with Crippen molar-refractivity contribution < 1.29 is 0 Å². The molecule has 2 N–H and O–H groups in total. The maximum atomic E-state index is 5.83. The lowest BCUT2D eigenvalue weighted by molar-refractivity contribution is 0.544. The molecule has 0 aliphatic rings. The fraction of sp³-hybridized carbons (Fsp3) is 0.500. The summed E-state index contributed by atoms with van der Waals surface area (Å²) in [6.45, 7) is 8.30. The van der Waals surface area contributed by atoms with E-state index in [9.17, 15) is 0 Å². The Balaban J connectivity index is 2.11. The molecule has 0 radical (unpaired) electrons. The fourth-order valence-corrected chi connectivity index (χ4v) is 2.53. The molecule has 0 bridgehead atoms. The summed E-state index contributed by atoms with van der Waals surface area (Å²) in [5.41, 5.74) is 6.90. The minimum absolute atomic E-state index is 0.0120. The van der Waals surface area contributed by atoms with Crippen molar-refractivity contribution in [3.63, 3.8) is 0 Å². The van der Waals surface area contributed by atoms with E-state index in [4.69, 9.17) is 5.73 Å². The van der Waals surface area contributed by atoms with Gasteiger partial charge in [-0.15, -0.1) is 11.3 Å². The van der Waals surface area contributed by atoms with Crippen LogP contribution < -0.4 is 5.73 Å². The summed E-state index contributed by atoms with van der Waals surface area (Å²) < 4.78 is 0. The molecule has 2 aromatic rings. The quantitative estimate of drug-likeness (QED) is 0.936. The summed E-state index contributed by atoms with van der Waals surface area (Å²) >= 11 is 1.65. The largest absolute Gasteiger partial charge is 0.323 e. The van der Waals surface area contributed by atoms with Crippen molar-refractivity contribution in [2.45, 2.75) is 45.6 Å². The molecule has 2 heterocycles. The Morgan fingerprint density at radius 2 is 1.79 bits per heavy atom. The summed E-state index contributed by atoms with van der Waals surface area (Å²) in [5.74, 6) is 0.867. The lowest BCUT2D eigenvalue weighted by atomic mass is 9.96. The monoisotopic (exact) mass is 276 g/mol. The summed E-state index contributed by atoms with van der Waals surface area (Å²) in [4.78, 5) is 14.4. The minimum atomic E-state index is -0.0120. The Morgan fingerprint density at radius 3 is 2.26 bits per heavy atom. The van der Waals surface area contributed by atoms with Crippen LogP contribution >= 0.6 is 11.3 Å². The Hall–Kier alpha value is -1.33. The smallest absolute Gasteiger partial charge is 0.133 e. The Bertz CT molecular complexity index is 537. The molecule has 5 heteroatoms. The highest BCUT2D eigenvalue weighted by molar-refractivity contribution is 7.11. The molecule has 19 heavy (non-hydrogen) atoms. The molecule has 1 atom stereocenters. The van der Waals surface area contributed by atoms with E-state index < -0.39 is 0 Å². The minimum Gasteiger partial charge on any atom is -0.323 e. The van der Waals surface area contributed by atoms with Gasteiger partial charge in [0.2, 0.25) is 0 Å². The van der Waals surface area contributed by atoms with Crippen LogP contribution in [0.1, 0.15) is 55.0 Å². The van der Waals surface area contributed by atoms with Gasteiger partial charge in [0.25, 0.3) is 0 Å². The number of thiazole rings is 1. The lowest BCUT2D eigenvalue weighted by Gasteiger charge is -2.15. The number of nitrogens with two attached hydrogens (primary N) is 1. The number of hydrogen-bond donors (Lipinski definition) is 1. The van der Waals surface area contributed by atoms with Gasteiger partial charge in [0.15, 0.2) is 0 Å². The first-order valence-electron chi connectivity index (χ1n) is 6.38. The van der Waals surface area contributed by atoms with Crippen LogP contribution in [0.3, 0.4) is 0 Å². The van der Waals surface area contributed by atoms with E-state index in [-0.39, 0.29) is 11.5 Å². The second kappa shape index (κ2) is 5.35. The van der Waals surface area contributed by atoms with Crippen molar-refractivity contribution in [3.05, 3.63) is 39.9 Å². The van der Waals surface area contributed by atoms with Crippen LogP contribution in [0.4, 0.5) is 0 Å². The van der Waals surface area contributed by atoms with Crippen molar-refractivity contribution in [3.8, 4) is 0 Å². The van der Waals surface area contributed by atoms with Crippen molar-refractivity contribution >= 4 is 11.3 Å². The van der Waals surface area contributed by atoms with Crippen LogP contribution in [-0.4, -0.2) is 15.0 Å². The second-order valence-corrected chi connectivity index (χ2v) is 6.93. The first kappa shape index (κ1) is 14.1. The molecule has 4 nitrogen and oxygen atoms in total. The van der Waals surface area contributed by atoms with E-state index in [1.807, 2.05) is 25.5 Å². The molecule has 102 valence electrons. The van der Waals surface area contributed by atoms with Gasteiger partial charge in [0.05, 0.1) is 5.01 Å². The molecule has 0 aromatic carbocycles. The van der Waals surface area contributed by atoms with Gasteiger partial charge in [-0.1, -0.05) is 20.8 Å². The molecule has 2 aromatic heterocycles. The van der Waals surface area contributed by atoms with Crippen molar-refractivity contribution in [2.75, 3.05) is 0 Å². The van der Waals surface area contributed by atoms with E-state index in [1.54, 1.807) is 11.3 Å². The van der Waals surface area contributed by atoms with E-state index in [0.29, 0.717) is 0 Å². The predicted octanol–water partition coefficient (Wildman–Crippen LogP) is 2.84. The second-order valence-electron chi connectivity index (χ2n) is 5.79. The van der Waals surface area contributed by atoms with Gasteiger partial charge in [-0.05, 0) is 12.5 Å². The molecule has 0 saturated carbocycles. The van der Waals surface area contributed by atoms with Gasteiger partial charge in [-0.3, -0.25) is 0 Å². The SMILES string of the molecule is CC(N)c1cnc(Cc2cnc(C(C)(C)C)nc2)s1. The zero-order valence-electron chi connectivity index (χ0n) is 11.8. The third kappa shape index (κ3) is 3.58. The lowest BCUT2D eigenvalue weighted by Crippen LogP contribution is -2.15. The van der Waals surface area contributed by atoms with Gasteiger partial charge in [0.1, 0.15) is 5.82 Å². The van der Waals surface area contributed by atoms with Crippen molar-refractivity contribution in [1.82, 2.24) is 15.0 Å².